The highest BCUT2D eigenvalue weighted by Crippen LogP contribution is 2.10. The monoisotopic (exact) mass is 494 g/mol. The summed E-state index contributed by atoms with van der Waals surface area (Å²) < 4.78 is 0. The Bertz CT molecular complexity index is 461. The molecule has 2 rings (SSSR count). The molecule has 2 heterocycles. The maximum atomic E-state index is 11.8. The number of nitrogens with zero attached hydrogens (tertiary/aromatic N) is 4. The summed E-state index contributed by atoms with van der Waals surface area (Å²) in [5.41, 5.74) is 0. The molecule has 158 valence electrons. The van der Waals surface area contributed by atoms with Crippen LogP contribution in [0.1, 0.15) is 39.5 Å². The lowest BCUT2D eigenvalue weighted by Crippen LogP contribution is -2.45. The molecular weight excluding hydrogens is 455 g/mol. The van der Waals surface area contributed by atoms with Crippen molar-refractivity contribution in [2.45, 2.75) is 45.6 Å². The van der Waals surface area contributed by atoms with Gasteiger partial charge in [-0.05, 0) is 52.9 Å². The molecule has 2 saturated heterocycles. The third-order valence-corrected chi connectivity index (χ3v) is 5.24. The number of hydrogen-bond acceptors (Lipinski definition) is 4. The van der Waals surface area contributed by atoms with E-state index in [2.05, 4.69) is 34.4 Å². The smallest absolute Gasteiger partial charge is 0.222 e. The standard InChI is InChI=1S/C19H38N6O.HI/c1-4-18(26)25-13-8-17(16-25)22-19(20-5-2)21-9-6-11-24-12-7-10-23(3)14-15-24;/h17H,4-16H2,1-3H3,(H2,20,21,22);1H. The zero-order valence-corrected chi connectivity index (χ0v) is 19.7. The SMILES string of the molecule is CCNC(=NCCCN1CCCN(C)CC1)NC1CCN(C(=O)CC)C1.I. The first-order valence-corrected chi connectivity index (χ1v) is 10.4. The van der Waals surface area contributed by atoms with Crippen molar-refractivity contribution in [3.63, 3.8) is 0 Å². The first kappa shape index (κ1) is 24.4. The number of aliphatic imine (C=N–C) groups is 1. The fourth-order valence-electron chi connectivity index (χ4n) is 3.65. The number of carbonyl (C=O) groups excluding carboxylic acids is 1. The van der Waals surface area contributed by atoms with Gasteiger partial charge in [0.15, 0.2) is 5.96 Å². The zero-order valence-electron chi connectivity index (χ0n) is 17.4. The summed E-state index contributed by atoms with van der Waals surface area (Å²) in [5, 5.41) is 6.84. The van der Waals surface area contributed by atoms with Crippen molar-refractivity contribution in [3.8, 4) is 0 Å². The predicted molar refractivity (Wildman–Crippen MR) is 123 cm³/mol. The molecule has 7 nitrogen and oxygen atoms in total. The van der Waals surface area contributed by atoms with Crippen LogP contribution in [0.2, 0.25) is 0 Å². The van der Waals surface area contributed by atoms with Gasteiger partial charge < -0.3 is 25.3 Å². The summed E-state index contributed by atoms with van der Waals surface area (Å²) in [7, 11) is 2.21. The van der Waals surface area contributed by atoms with Crippen molar-refractivity contribution >= 4 is 35.8 Å². The molecule has 0 aromatic heterocycles. The lowest BCUT2D eigenvalue weighted by atomic mass is 10.3. The molecule has 0 radical (unpaired) electrons. The number of amides is 1. The van der Waals surface area contributed by atoms with Crippen molar-refractivity contribution in [2.75, 3.05) is 66.0 Å². The lowest BCUT2D eigenvalue weighted by molar-refractivity contribution is -0.129. The van der Waals surface area contributed by atoms with E-state index in [1.165, 1.54) is 32.6 Å². The minimum absolute atomic E-state index is 0. The van der Waals surface area contributed by atoms with Crippen LogP contribution in [-0.2, 0) is 4.79 Å². The van der Waals surface area contributed by atoms with Gasteiger partial charge in [-0.3, -0.25) is 9.79 Å². The Balaban J connectivity index is 0.00000364. The molecule has 0 bridgehead atoms. The van der Waals surface area contributed by atoms with Crippen molar-refractivity contribution in [1.82, 2.24) is 25.3 Å². The van der Waals surface area contributed by atoms with Gasteiger partial charge in [-0.2, -0.15) is 0 Å². The summed E-state index contributed by atoms with van der Waals surface area (Å²) in [4.78, 5) is 23.5. The van der Waals surface area contributed by atoms with Gasteiger partial charge in [0.2, 0.25) is 5.91 Å². The van der Waals surface area contributed by atoms with E-state index >= 15 is 0 Å². The van der Waals surface area contributed by atoms with E-state index in [0.717, 1.165) is 51.5 Å². The first-order valence-electron chi connectivity index (χ1n) is 10.4. The third-order valence-electron chi connectivity index (χ3n) is 5.24. The van der Waals surface area contributed by atoms with E-state index in [1.54, 1.807) is 0 Å². The fraction of sp³-hybridized carbons (Fsp3) is 0.895. The maximum Gasteiger partial charge on any atom is 0.222 e. The highest BCUT2D eigenvalue weighted by molar-refractivity contribution is 14.0. The van der Waals surface area contributed by atoms with Crippen molar-refractivity contribution in [2.24, 2.45) is 4.99 Å². The van der Waals surface area contributed by atoms with Gasteiger partial charge in [-0.25, -0.2) is 0 Å². The second-order valence-electron chi connectivity index (χ2n) is 7.44. The molecule has 2 fully saturated rings. The van der Waals surface area contributed by atoms with Crippen LogP contribution in [0.5, 0.6) is 0 Å². The van der Waals surface area contributed by atoms with Crippen LogP contribution in [0, 0.1) is 0 Å². The highest BCUT2D eigenvalue weighted by Gasteiger charge is 2.25. The Hall–Kier alpha value is -0.610. The molecule has 1 atom stereocenters. The molecule has 27 heavy (non-hydrogen) atoms. The quantitative estimate of drug-likeness (QED) is 0.241. The Morgan fingerprint density at radius 2 is 1.96 bits per heavy atom. The topological polar surface area (TPSA) is 63.2 Å². The molecule has 1 amide bonds. The Kier molecular flexibility index (Phi) is 12.3. The number of likely N-dealkylation sites (N-methyl/N-ethyl adjacent to an activating group) is 1. The minimum atomic E-state index is 0. The number of guanidine groups is 1. The van der Waals surface area contributed by atoms with E-state index in [4.69, 9.17) is 4.99 Å². The summed E-state index contributed by atoms with van der Waals surface area (Å²) >= 11 is 0. The average Bonchev–Trinajstić information content (AvgIpc) is 3.00. The molecule has 0 aromatic carbocycles. The molecule has 8 heteroatoms. The lowest BCUT2D eigenvalue weighted by Gasteiger charge is -2.20. The molecule has 0 spiro atoms. The number of likely N-dealkylation sites (tertiary alicyclic amines) is 1. The average molecular weight is 494 g/mol. The van der Waals surface area contributed by atoms with Gasteiger partial charge in [0, 0.05) is 51.7 Å². The van der Waals surface area contributed by atoms with Gasteiger partial charge in [-0.15, -0.1) is 24.0 Å². The van der Waals surface area contributed by atoms with Gasteiger partial charge in [0.1, 0.15) is 0 Å². The molecule has 2 aliphatic heterocycles. The van der Waals surface area contributed by atoms with E-state index in [1.807, 2.05) is 11.8 Å². The maximum absolute atomic E-state index is 11.8. The summed E-state index contributed by atoms with van der Waals surface area (Å²) in [6.07, 6.45) is 3.94. The molecular formula is C19H39IN6O. The highest BCUT2D eigenvalue weighted by atomic mass is 127. The molecule has 2 N–H and O–H groups in total. The number of carbonyl (C=O) groups is 1. The summed E-state index contributed by atoms with van der Waals surface area (Å²) in [6.45, 7) is 13.2. The summed E-state index contributed by atoms with van der Waals surface area (Å²) in [5.74, 6) is 1.14. The predicted octanol–water partition coefficient (Wildman–Crippen LogP) is 1.20. The van der Waals surface area contributed by atoms with Crippen molar-refractivity contribution < 1.29 is 4.79 Å². The normalized spacial score (nSPS) is 22.3. The fourth-order valence-corrected chi connectivity index (χ4v) is 3.65. The number of rotatable bonds is 7. The Labute approximate surface area is 182 Å². The van der Waals surface area contributed by atoms with Crippen LogP contribution < -0.4 is 10.6 Å². The van der Waals surface area contributed by atoms with Crippen LogP contribution in [0.4, 0.5) is 0 Å². The van der Waals surface area contributed by atoms with Crippen LogP contribution >= 0.6 is 24.0 Å². The second-order valence-corrected chi connectivity index (χ2v) is 7.44. The van der Waals surface area contributed by atoms with Gasteiger partial charge in [0.05, 0.1) is 0 Å². The first-order chi connectivity index (χ1) is 12.6. The molecule has 0 saturated carbocycles. The van der Waals surface area contributed by atoms with Crippen LogP contribution in [0.3, 0.4) is 0 Å². The van der Waals surface area contributed by atoms with E-state index in [0.29, 0.717) is 12.5 Å². The molecule has 2 aliphatic rings. The number of hydrogen-bond donors (Lipinski definition) is 2. The molecule has 0 aliphatic carbocycles. The van der Waals surface area contributed by atoms with Crippen molar-refractivity contribution in [1.29, 1.82) is 0 Å². The Morgan fingerprint density at radius 3 is 2.70 bits per heavy atom. The minimum Gasteiger partial charge on any atom is -0.357 e. The largest absolute Gasteiger partial charge is 0.357 e. The van der Waals surface area contributed by atoms with E-state index in [9.17, 15) is 4.79 Å². The Morgan fingerprint density at radius 1 is 1.15 bits per heavy atom. The van der Waals surface area contributed by atoms with E-state index in [-0.39, 0.29) is 29.9 Å². The van der Waals surface area contributed by atoms with Gasteiger partial charge >= 0.3 is 0 Å². The van der Waals surface area contributed by atoms with Crippen LogP contribution in [0.25, 0.3) is 0 Å². The third kappa shape index (κ3) is 8.95. The second kappa shape index (κ2) is 13.5. The summed E-state index contributed by atoms with van der Waals surface area (Å²) in [6, 6.07) is 0.310. The van der Waals surface area contributed by atoms with E-state index < -0.39 is 0 Å². The zero-order chi connectivity index (χ0) is 18.8. The molecule has 0 aromatic rings. The van der Waals surface area contributed by atoms with Crippen LogP contribution in [0.15, 0.2) is 4.99 Å². The number of nitrogens with one attached hydrogen (secondary N) is 2. The van der Waals surface area contributed by atoms with Gasteiger partial charge in [-0.1, -0.05) is 6.92 Å². The van der Waals surface area contributed by atoms with Crippen LogP contribution in [-0.4, -0.2) is 98.6 Å². The van der Waals surface area contributed by atoms with Gasteiger partial charge in [0.25, 0.3) is 0 Å². The number of halogens is 1. The van der Waals surface area contributed by atoms with Crippen molar-refractivity contribution in [3.05, 3.63) is 0 Å². The molecule has 1 unspecified atom stereocenters.